The van der Waals surface area contributed by atoms with Crippen LogP contribution in [0.5, 0.6) is 0 Å². The summed E-state index contributed by atoms with van der Waals surface area (Å²) in [5.74, 6) is 0.550. The minimum Gasteiger partial charge on any atom is -0.333 e. The molecule has 0 atom stereocenters. The number of benzene rings is 1. The highest BCUT2D eigenvalue weighted by molar-refractivity contribution is 6.33. The van der Waals surface area contributed by atoms with E-state index in [1.807, 2.05) is 13.0 Å². The lowest BCUT2D eigenvalue weighted by Crippen LogP contribution is -2.06. The molecule has 0 saturated carbocycles. The number of anilines is 4. The molecule has 0 radical (unpaired) electrons. The molecule has 8 nitrogen and oxygen atoms in total. The van der Waals surface area contributed by atoms with E-state index in [9.17, 15) is 10.1 Å². The van der Waals surface area contributed by atoms with Crippen molar-refractivity contribution >= 4 is 40.4 Å². The highest BCUT2D eigenvalue weighted by atomic mass is 35.5. The molecule has 3 rings (SSSR count). The molecule has 126 valence electrons. The van der Waals surface area contributed by atoms with Crippen molar-refractivity contribution in [2.45, 2.75) is 6.92 Å². The first-order chi connectivity index (χ1) is 12.1. The number of para-hydroxylation sites is 1. The number of halogens is 1. The number of rotatable bonds is 5. The van der Waals surface area contributed by atoms with Gasteiger partial charge in [0.05, 0.1) is 15.6 Å². The summed E-state index contributed by atoms with van der Waals surface area (Å²) < 4.78 is 0. The smallest absolute Gasteiger partial charge is 0.333 e. The van der Waals surface area contributed by atoms with E-state index < -0.39 is 4.92 Å². The second-order valence-electron chi connectivity index (χ2n) is 5.08. The van der Waals surface area contributed by atoms with Crippen LogP contribution in [0.2, 0.25) is 5.02 Å². The van der Waals surface area contributed by atoms with Crippen LogP contribution in [-0.4, -0.2) is 19.9 Å². The van der Waals surface area contributed by atoms with E-state index in [4.69, 9.17) is 11.6 Å². The van der Waals surface area contributed by atoms with Gasteiger partial charge in [-0.15, -0.1) is 0 Å². The summed E-state index contributed by atoms with van der Waals surface area (Å²) in [6.45, 7) is 1.84. The first kappa shape index (κ1) is 16.6. The normalized spacial score (nSPS) is 10.3. The van der Waals surface area contributed by atoms with Gasteiger partial charge in [-0.3, -0.25) is 10.1 Å². The molecule has 0 bridgehead atoms. The molecule has 0 aliphatic heterocycles. The van der Waals surface area contributed by atoms with Crippen LogP contribution in [0.15, 0.2) is 48.9 Å². The number of nitrogens with one attached hydrogen (secondary N) is 2. The second kappa shape index (κ2) is 7.10. The third-order valence-electron chi connectivity index (χ3n) is 3.38. The summed E-state index contributed by atoms with van der Waals surface area (Å²) in [7, 11) is 0. The van der Waals surface area contributed by atoms with E-state index in [2.05, 4.69) is 25.6 Å². The maximum atomic E-state index is 11.6. The third-order valence-corrected chi connectivity index (χ3v) is 3.71. The Morgan fingerprint density at radius 3 is 2.40 bits per heavy atom. The monoisotopic (exact) mass is 356 g/mol. The van der Waals surface area contributed by atoms with Gasteiger partial charge in [0.2, 0.25) is 11.6 Å². The van der Waals surface area contributed by atoms with Crippen molar-refractivity contribution in [3.8, 4) is 0 Å². The van der Waals surface area contributed by atoms with Crippen LogP contribution in [0.25, 0.3) is 0 Å². The van der Waals surface area contributed by atoms with E-state index in [-0.39, 0.29) is 17.3 Å². The summed E-state index contributed by atoms with van der Waals surface area (Å²) in [6, 6.07) is 10.5. The lowest BCUT2D eigenvalue weighted by Gasteiger charge is -2.11. The number of nitro groups is 1. The highest BCUT2D eigenvalue weighted by Gasteiger charge is 2.24. The lowest BCUT2D eigenvalue weighted by atomic mass is 10.3. The summed E-state index contributed by atoms with van der Waals surface area (Å²) in [6.07, 6.45) is 2.82. The van der Waals surface area contributed by atoms with E-state index in [0.29, 0.717) is 16.5 Å². The number of hydrogen-bond donors (Lipinski definition) is 2. The van der Waals surface area contributed by atoms with Crippen LogP contribution in [0.1, 0.15) is 5.56 Å². The zero-order valence-electron chi connectivity index (χ0n) is 13.1. The predicted octanol–water partition coefficient (Wildman–Crippen LogP) is 4.23. The Morgan fingerprint density at radius 2 is 1.72 bits per heavy atom. The molecule has 0 amide bonds. The molecule has 25 heavy (non-hydrogen) atoms. The highest BCUT2D eigenvalue weighted by Crippen LogP contribution is 2.34. The lowest BCUT2D eigenvalue weighted by molar-refractivity contribution is -0.383. The van der Waals surface area contributed by atoms with Gasteiger partial charge in [0, 0.05) is 6.20 Å². The second-order valence-corrected chi connectivity index (χ2v) is 5.48. The van der Waals surface area contributed by atoms with Crippen molar-refractivity contribution in [3.63, 3.8) is 0 Å². The van der Waals surface area contributed by atoms with E-state index in [1.54, 1.807) is 36.5 Å². The first-order valence-corrected chi connectivity index (χ1v) is 7.63. The van der Waals surface area contributed by atoms with Gasteiger partial charge in [0.1, 0.15) is 12.1 Å². The molecular formula is C16H13ClN6O2. The Labute approximate surface area is 148 Å². The maximum absolute atomic E-state index is 11.6. The Hall–Kier alpha value is -3.26. The van der Waals surface area contributed by atoms with E-state index >= 15 is 0 Å². The average molecular weight is 357 g/mol. The Bertz CT molecular complexity index is 868. The molecular weight excluding hydrogens is 344 g/mol. The summed E-state index contributed by atoms with van der Waals surface area (Å²) in [4.78, 5) is 23.2. The molecule has 3 aromatic rings. The Morgan fingerprint density at radius 1 is 1.00 bits per heavy atom. The standard InChI is InChI=1S/C16H13ClN6O2/c1-10-5-4-8-18-14(10)22-16-13(23(24)25)15(19-9-20-16)21-12-7-3-2-6-11(12)17/h2-9H,1H3,(H2,18,19,20,21,22). The van der Waals surface area contributed by atoms with Crippen molar-refractivity contribution in [3.05, 3.63) is 69.6 Å². The number of hydrogen-bond acceptors (Lipinski definition) is 7. The van der Waals surface area contributed by atoms with Crippen molar-refractivity contribution in [1.29, 1.82) is 0 Å². The molecule has 0 aliphatic carbocycles. The zero-order chi connectivity index (χ0) is 17.8. The number of aromatic nitrogens is 3. The van der Waals surface area contributed by atoms with Crippen LogP contribution < -0.4 is 10.6 Å². The van der Waals surface area contributed by atoms with Gasteiger partial charge >= 0.3 is 5.69 Å². The van der Waals surface area contributed by atoms with E-state index in [0.717, 1.165) is 5.56 Å². The molecule has 2 N–H and O–H groups in total. The Balaban J connectivity index is 2.02. The van der Waals surface area contributed by atoms with Crippen molar-refractivity contribution < 1.29 is 4.92 Å². The van der Waals surface area contributed by atoms with Gasteiger partial charge in [0.25, 0.3) is 0 Å². The third kappa shape index (κ3) is 3.64. The van der Waals surface area contributed by atoms with Crippen molar-refractivity contribution in [2.75, 3.05) is 10.6 Å². The predicted molar refractivity (Wildman–Crippen MR) is 95.7 cm³/mol. The average Bonchev–Trinajstić information content (AvgIpc) is 2.59. The van der Waals surface area contributed by atoms with Gasteiger partial charge in [0.15, 0.2) is 0 Å². The molecule has 0 unspecified atom stereocenters. The largest absolute Gasteiger partial charge is 0.353 e. The van der Waals surface area contributed by atoms with Crippen LogP contribution in [0.3, 0.4) is 0 Å². The van der Waals surface area contributed by atoms with Gasteiger partial charge in [-0.1, -0.05) is 29.8 Å². The van der Waals surface area contributed by atoms with Gasteiger partial charge < -0.3 is 10.6 Å². The minimum atomic E-state index is -0.556. The zero-order valence-corrected chi connectivity index (χ0v) is 13.9. The maximum Gasteiger partial charge on any atom is 0.353 e. The van der Waals surface area contributed by atoms with Crippen LogP contribution in [0.4, 0.5) is 28.8 Å². The van der Waals surface area contributed by atoms with E-state index in [1.165, 1.54) is 6.33 Å². The fraction of sp³-hybridized carbons (Fsp3) is 0.0625. The van der Waals surface area contributed by atoms with Gasteiger partial charge in [-0.2, -0.15) is 0 Å². The summed E-state index contributed by atoms with van der Waals surface area (Å²) in [5, 5.41) is 17.8. The molecule has 0 spiro atoms. The summed E-state index contributed by atoms with van der Waals surface area (Å²) in [5.41, 5.74) is 1.04. The van der Waals surface area contributed by atoms with Crippen LogP contribution >= 0.6 is 11.6 Å². The topological polar surface area (TPSA) is 106 Å². The molecule has 0 aliphatic rings. The quantitative estimate of drug-likeness (QED) is 0.520. The van der Waals surface area contributed by atoms with Crippen LogP contribution in [0, 0.1) is 17.0 Å². The van der Waals surface area contributed by atoms with Gasteiger partial charge in [-0.25, -0.2) is 15.0 Å². The molecule has 2 aromatic heterocycles. The number of aryl methyl sites for hydroxylation is 1. The van der Waals surface area contributed by atoms with Crippen molar-refractivity contribution in [1.82, 2.24) is 15.0 Å². The first-order valence-electron chi connectivity index (χ1n) is 7.26. The molecule has 0 fully saturated rings. The molecule has 9 heteroatoms. The number of pyridine rings is 1. The van der Waals surface area contributed by atoms with Crippen LogP contribution in [-0.2, 0) is 0 Å². The minimum absolute atomic E-state index is 0.0317. The molecule has 1 aromatic carbocycles. The fourth-order valence-electron chi connectivity index (χ4n) is 2.15. The Kier molecular flexibility index (Phi) is 4.71. The van der Waals surface area contributed by atoms with Crippen molar-refractivity contribution in [2.24, 2.45) is 0 Å². The summed E-state index contributed by atoms with van der Waals surface area (Å²) >= 11 is 6.10. The molecule has 0 saturated heterocycles. The fourth-order valence-corrected chi connectivity index (χ4v) is 2.34. The molecule has 2 heterocycles. The number of nitrogens with zero attached hydrogens (tertiary/aromatic N) is 4. The van der Waals surface area contributed by atoms with Gasteiger partial charge in [-0.05, 0) is 30.7 Å². The SMILES string of the molecule is Cc1cccnc1Nc1ncnc(Nc2ccccc2Cl)c1[N+](=O)[O-].